The normalized spacial score (nSPS) is 10.9. The summed E-state index contributed by atoms with van der Waals surface area (Å²) in [5, 5.41) is 10.2. The molecule has 0 unspecified atom stereocenters. The molecule has 0 atom stereocenters. The quantitative estimate of drug-likeness (QED) is 0.178. The molecule has 1 heterocycles. The molecule has 0 spiro atoms. The highest BCUT2D eigenvalue weighted by atomic mass is 16.5. The van der Waals surface area contributed by atoms with E-state index in [1.165, 1.54) is 32.1 Å². The molecule has 1 amide bonds. The minimum absolute atomic E-state index is 0.0546. The van der Waals surface area contributed by atoms with Crippen molar-refractivity contribution >= 4 is 16.7 Å². The Bertz CT molecular complexity index is 1180. The largest absolute Gasteiger partial charge is 0.422 e. The molecule has 0 aliphatic carbocycles. The zero-order valence-electron chi connectivity index (χ0n) is 21.4. The van der Waals surface area contributed by atoms with Crippen LogP contribution in [0.5, 0.6) is 11.8 Å². The van der Waals surface area contributed by atoms with Crippen LogP contribution in [0.15, 0.2) is 59.9 Å². The van der Waals surface area contributed by atoms with Crippen LogP contribution in [0.3, 0.4) is 0 Å². The van der Waals surface area contributed by atoms with E-state index < -0.39 is 5.56 Å². The van der Waals surface area contributed by atoms with Gasteiger partial charge in [0, 0.05) is 11.8 Å². The zero-order chi connectivity index (χ0) is 25.6. The van der Waals surface area contributed by atoms with E-state index in [-0.39, 0.29) is 11.9 Å². The van der Waals surface area contributed by atoms with Gasteiger partial charge < -0.3 is 4.74 Å². The van der Waals surface area contributed by atoms with Crippen LogP contribution in [-0.4, -0.2) is 20.8 Å². The topological polar surface area (TPSA) is 86.1 Å². The Kier molecular flexibility index (Phi) is 11.2. The Hall–Kier alpha value is -3.48. The Morgan fingerprint density at radius 3 is 2.42 bits per heavy atom. The monoisotopic (exact) mass is 490 g/mol. The summed E-state index contributed by atoms with van der Waals surface area (Å²) in [6.07, 6.45) is 13.8. The third-order valence-electron chi connectivity index (χ3n) is 6.13. The number of unbranched alkanes of at least 4 members (excludes halogenated alkanes) is 8. The Morgan fingerprint density at radius 2 is 1.67 bits per heavy atom. The van der Waals surface area contributed by atoms with E-state index in [0.717, 1.165) is 41.1 Å². The van der Waals surface area contributed by atoms with Crippen LogP contribution in [0.4, 0.5) is 0 Å². The average Bonchev–Trinajstić information content (AvgIpc) is 2.88. The number of carbonyl (C=O) groups is 1. The van der Waals surface area contributed by atoms with Crippen LogP contribution in [0, 0.1) is 0 Å². The first-order valence-electron chi connectivity index (χ1n) is 13.2. The highest BCUT2D eigenvalue weighted by Gasteiger charge is 2.17. The second kappa shape index (κ2) is 14.8. The summed E-state index contributed by atoms with van der Waals surface area (Å²) >= 11 is 0. The summed E-state index contributed by atoms with van der Waals surface area (Å²) in [6, 6.07) is 13.4. The van der Waals surface area contributed by atoms with Crippen molar-refractivity contribution < 1.29 is 9.53 Å². The number of rotatable bonds is 16. The van der Waals surface area contributed by atoms with Crippen molar-refractivity contribution in [3.63, 3.8) is 0 Å². The minimum atomic E-state index is -0.396. The van der Waals surface area contributed by atoms with E-state index in [4.69, 9.17) is 4.74 Å². The smallest absolute Gasteiger partial charge is 0.344 e. The Labute approximate surface area is 213 Å². The van der Waals surface area contributed by atoms with Gasteiger partial charge >= 0.3 is 6.01 Å². The number of nitrogens with one attached hydrogen (secondary N) is 1. The molecule has 36 heavy (non-hydrogen) atoms. The summed E-state index contributed by atoms with van der Waals surface area (Å²) in [7, 11) is 0. The number of aromatic nitrogens is 3. The molecule has 2 aromatic carbocycles. The number of aryl methyl sites for hydroxylation is 1. The minimum Gasteiger partial charge on any atom is -0.422 e. The van der Waals surface area contributed by atoms with Gasteiger partial charge in [-0.05, 0) is 43.6 Å². The number of benzene rings is 2. The second-order valence-electron chi connectivity index (χ2n) is 9.09. The molecular formula is C29H38N4O3. The lowest BCUT2D eigenvalue weighted by Crippen LogP contribution is -2.37. The van der Waals surface area contributed by atoms with E-state index in [9.17, 15) is 9.59 Å². The first-order valence-corrected chi connectivity index (χ1v) is 13.2. The lowest BCUT2D eigenvalue weighted by Gasteiger charge is -2.14. The van der Waals surface area contributed by atoms with E-state index in [2.05, 4.69) is 22.2 Å². The first-order chi connectivity index (χ1) is 17.6. The highest BCUT2D eigenvalue weighted by Crippen LogP contribution is 2.28. The number of ether oxygens (including phenoxy) is 1. The highest BCUT2D eigenvalue weighted by molar-refractivity contribution is 5.88. The van der Waals surface area contributed by atoms with Crippen molar-refractivity contribution in [3.05, 3.63) is 71.2 Å². The van der Waals surface area contributed by atoms with E-state index in [1.807, 2.05) is 49.4 Å². The maximum absolute atomic E-state index is 13.2. The lowest BCUT2D eigenvalue weighted by molar-refractivity contribution is -0.117. The molecule has 1 aromatic heterocycles. The molecule has 3 rings (SSSR count). The van der Waals surface area contributed by atoms with Gasteiger partial charge in [-0.3, -0.25) is 15.0 Å². The standard InChI is InChI=1S/C29H38N4O3/c1-3-5-6-7-8-9-10-11-12-13-21-25-28(35)33(32-27(34)17-4-2)29(31-30-25)36-26-22-16-19-23-18-14-15-20-24(23)26/h3,14-16,18-20,22H,1,4-13,17,21H2,2H3,(H,32,34). The van der Waals surface area contributed by atoms with Gasteiger partial charge in [0.15, 0.2) is 0 Å². The van der Waals surface area contributed by atoms with Crippen molar-refractivity contribution in [2.75, 3.05) is 5.43 Å². The number of hydrogen-bond acceptors (Lipinski definition) is 5. The maximum atomic E-state index is 13.2. The van der Waals surface area contributed by atoms with Gasteiger partial charge in [0.2, 0.25) is 5.91 Å². The molecule has 0 bridgehead atoms. The molecule has 0 aliphatic rings. The summed E-state index contributed by atoms with van der Waals surface area (Å²) in [5.74, 6) is 0.270. The number of amides is 1. The lowest BCUT2D eigenvalue weighted by atomic mass is 10.1. The number of fused-ring (bicyclic) bond motifs is 1. The van der Waals surface area contributed by atoms with E-state index in [0.29, 0.717) is 30.7 Å². The number of nitrogens with zero attached hydrogens (tertiary/aromatic N) is 3. The van der Waals surface area contributed by atoms with Gasteiger partial charge in [-0.15, -0.1) is 11.7 Å². The predicted octanol–water partition coefficient (Wildman–Crippen LogP) is 6.69. The van der Waals surface area contributed by atoms with Crippen LogP contribution in [0.25, 0.3) is 10.8 Å². The van der Waals surface area contributed by atoms with Gasteiger partial charge in [0.05, 0.1) is 0 Å². The molecule has 0 fully saturated rings. The average molecular weight is 491 g/mol. The third kappa shape index (κ3) is 8.04. The summed E-state index contributed by atoms with van der Waals surface area (Å²) < 4.78 is 7.11. The molecule has 0 radical (unpaired) electrons. The first kappa shape index (κ1) is 27.1. The van der Waals surface area contributed by atoms with Gasteiger partial charge in [-0.1, -0.05) is 93.0 Å². The molecule has 1 N–H and O–H groups in total. The summed E-state index contributed by atoms with van der Waals surface area (Å²) in [6.45, 7) is 5.67. The van der Waals surface area contributed by atoms with Crippen LogP contribution < -0.4 is 15.7 Å². The number of hydrogen-bond donors (Lipinski definition) is 1. The van der Waals surface area contributed by atoms with Crippen molar-refractivity contribution in [1.82, 2.24) is 14.9 Å². The van der Waals surface area contributed by atoms with Crippen LogP contribution in [0.1, 0.15) is 83.2 Å². The SMILES string of the molecule is C=CCCCCCCCCCCc1nnc(Oc2cccc3ccccc23)n(NC(=O)CCC)c1=O. The van der Waals surface area contributed by atoms with Crippen LogP contribution in [-0.2, 0) is 11.2 Å². The van der Waals surface area contributed by atoms with Gasteiger partial charge in [-0.2, -0.15) is 4.68 Å². The van der Waals surface area contributed by atoms with Crippen LogP contribution in [0.2, 0.25) is 0 Å². The fourth-order valence-electron chi connectivity index (χ4n) is 4.16. The molecule has 192 valence electrons. The Balaban J connectivity index is 1.66. The second-order valence-corrected chi connectivity index (χ2v) is 9.09. The Morgan fingerprint density at radius 1 is 0.972 bits per heavy atom. The van der Waals surface area contributed by atoms with Crippen molar-refractivity contribution in [1.29, 1.82) is 0 Å². The van der Waals surface area contributed by atoms with Gasteiger partial charge in [0.25, 0.3) is 5.56 Å². The zero-order valence-corrected chi connectivity index (χ0v) is 21.4. The molecule has 3 aromatic rings. The molecule has 0 aliphatic heterocycles. The maximum Gasteiger partial charge on any atom is 0.344 e. The predicted molar refractivity (Wildman–Crippen MR) is 145 cm³/mol. The van der Waals surface area contributed by atoms with Gasteiger partial charge in [0.1, 0.15) is 11.4 Å². The number of carbonyl (C=O) groups excluding carboxylic acids is 1. The molecule has 0 saturated heterocycles. The van der Waals surface area contributed by atoms with Crippen molar-refractivity contribution in [2.45, 2.75) is 84.0 Å². The van der Waals surface area contributed by atoms with Crippen molar-refractivity contribution in [3.8, 4) is 11.8 Å². The fourth-order valence-corrected chi connectivity index (χ4v) is 4.16. The summed E-state index contributed by atoms with van der Waals surface area (Å²) in [4.78, 5) is 25.6. The molecular weight excluding hydrogens is 452 g/mol. The van der Waals surface area contributed by atoms with Crippen LogP contribution >= 0.6 is 0 Å². The van der Waals surface area contributed by atoms with E-state index in [1.54, 1.807) is 6.07 Å². The summed E-state index contributed by atoms with van der Waals surface area (Å²) in [5.41, 5.74) is 2.60. The molecule has 0 saturated carbocycles. The number of allylic oxidation sites excluding steroid dienone is 1. The van der Waals surface area contributed by atoms with Gasteiger partial charge in [-0.25, -0.2) is 0 Å². The third-order valence-corrected chi connectivity index (χ3v) is 6.13. The molecule has 7 heteroatoms. The fraction of sp³-hybridized carbons (Fsp3) is 0.448. The van der Waals surface area contributed by atoms with Crippen molar-refractivity contribution in [2.24, 2.45) is 0 Å². The van der Waals surface area contributed by atoms with E-state index >= 15 is 0 Å². The molecule has 7 nitrogen and oxygen atoms in total.